The van der Waals surface area contributed by atoms with Crippen LogP contribution in [0.4, 0.5) is 10.6 Å². The van der Waals surface area contributed by atoms with Crippen molar-refractivity contribution in [2.45, 2.75) is 17.4 Å². The Hall–Kier alpha value is -2.66. The highest BCUT2D eigenvalue weighted by atomic mass is 35.5. The first-order valence-electron chi connectivity index (χ1n) is 9.35. The van der Waals surface area contributed by atoms with E-state index < -0.39 is 10.0 Å². The van der Waals surface area contributed by atoms with Crippen molar-refractivity contribution in [1.29, 1.82) is 0 Å². The molecule has 3 N–H and O–H groups in total. The summed E-state index contributed by atoms with van der Waals surface area (Å²) in [6.07, 6.45) is 0.630. The number of nitrogens with one attached hydrogen (secondary N) is 3. The highest BCUT2D eigenvalue weighted by molar-refractivity contribution is 7.89. The van der Waals surface area contributed by atoms with E-state index in [1.165, 1.54) is 30.5 Å². The van der Waals surface area contributed by atoms with Gasteiger partial charge >= 0.3 is 6.03 Å². The molecule has 3 aromatic rings. The van der Waals surface area contributed by atoms with E-state index in [-0.39, 0.29) is 17.0 Å². The number of halogens is 1. The standard InChI is InChI=1S/C20H19ClN4O4S2/c1-22-31(27,28)13-7-5-12(6-8-13)19-24-17(11-30-19)25-20(26)23-16-9-10-29-18-14(16)3-2-4-15(18)21/h2-8,11,16,22H,9-10H2,1H3,(H2,23,25,26)/t16-/m0/s1. The molecular formula is C20H19ClN4O4S2. The first-order chi connectivity index (χ1) is 14.9. The Morgan fingerprint density at radius 1 is 1.23 bits per heavy atom. The zero-order chi connectivity index (χ0) is 22.0. The van der Waals surface area contributed by atoms with E-state index in [0.717, 1.165) is 11.1 Å². The zero-order valence-corrected chi connectivity index (χ0v) is 18.8. The minimum absolute atomic E-state index is 0.171. The average Bonchev–Trinajstić information content (AvgIpc) is 3.23. The van der Waals surface area contributed by atoms with Gasteiger partial charge < -0.3 is 10.1 Å². The van der Waals surface area contributed by atoms with Crippen LogP contribution in [0.15, 0.2) is 52.7 Å². The van der Waals surface area contributed by atoms with Crippen LogP contribution in [0.1, 0.15) is 18.0 Å². The molecular weight excluding hydrogens is 460 g/mol. The highest BCUT2D eigenvalue weighted by Gasteiger charge is 2.25. The second kappa shape index (κ2) is 8.83. The SMILES string of the molecule is CNS(=O)(=O)c1ccc(-c2nc(NC(=O)N[C@H]3CCOc4c(Cl)cccc43)cs2)cc1. The van der Waals surface area contributed by atoms with E-state index in [4.69, 9.17) is 16.3 Å². The van der Waals surface area contributed by atoms with Crippen LogP contribution in [0.5, 0.6) is 5.75 Å². The third-order valence-corrected chi connectivity index (χ3v) is 7.38. The number of thiazole rings is 1. The van der Waals surface area contributed by atoms with Gasteiger partial charge in [-0.05, 0) is 25.2 Å². The van der Waals surface area contributed by atoms with Crippen LogP contribution in [-0.2, 0) is 10.0 Å². The summed E-state index contributed by atoms with van der Waals surface area (Å²) in [4.78, 5) is 17.1. The summed E-state index contributed by atoms with van der Waals surface area (Å²) < 4.78 is 31.6. The molecule has 31 heavy (non-hydrogen) atoms. The Bertz CT molecular complexity index is 1210. The van der Waals surface area contributed by atoms with Crippen LogP contribution in [0.25, 0.3) is 10.6 Å². The van der Waals surface area contributed by atoms with Gasteiger partial charge in [-0.1, -0.05) is 35.9 Å². The predicted octanol–water partition coefficient (Wildman–Crippen LogP) is 4.02. The summed E-state index contributed by atoms with van der Waals surface area (Å²) in [5.74, 6) is 1.00. The van der Waals surface area contributed by atoms with Gasteiger partial charge in [0.15, 0.2) is 0 Å². The molecule has 1 atom stereocenters. The highest BCUT2D eigenvalue weighted by Crippen LogP contribution is 2.37. The van der Waals surface area contributed by atoms with Gasteiger partial charge in [0.2, 0.25) is 10.0 Å². The second-order valence-electron chi connectivity index (χ2n) is 6.72. The maximum Gasteiger partial charge on any atom is 0.320 e. The van der Waals surface area contributed by atoms with Crippen molar-refractivity contribution in [3.05, 3.63) is 58.4 Å². The summed E-state index contributed by atoms with van der Waals surface area (Å²) in [7, 11) is -2.13. The molecule has 8 nitrogen and oxygen atoms in total. The Labute approximate surface area is 188 Å². The Morgan fingerprint density at radius 2 is 2.00 bits per heavy atom. The number of carbonyl (C=O) groups excluding carboxylic acids is 1. The first-order valence-corrected chi connectivity index (χ1v) is 12.1. The van der Waals surface area contributed by atoms with Crippen molar-refractivity contribution in [2.24, 2.45) is 0 Å². The van der Waals surface area contributed by atoms with Crippen molar-refractivity contribution in [3.63, 3.8) is 0 Å². The number of fused-ring (bicyclic) bond motifs is 1. The maximum atomic E-state index is 12.5. The average molecular weight is 479 g/mol. The Balaban J connectivity index is 1.43. The Morgan fingerprint density at radius 3 is 2.74 bits per heavy atom. The van der Waals surface area contributed by atoms with Crippen LogP contribution in [-0.4, -0.2) is 33.1 Å². The van der Waals surface area contributed by atoms with Crippen molar-refractivity contribution >= 4 is 44.8 Å². The molecule has 2 aromatic carbocycles. The lowest BCUT2D eigenvalue weighted by molar-refractivity contribution is 0.232. The van der Waals surface area contributed by atoms with E-state index in [1.54, 1.807) is 23.6 Å². The fourth-order valence-corrected chi connectivity index (χ4v) is 4.93. The third-order valence-electron chi connectivity index (χ3n) is 4.76. The topological polar surface area (TPSA) is 109 Å². The molecule has 0 saturated carbocycles. The summed E-state index contributed by atoms with van der Waals surface area (Å²) in [6, 6.07) is 11.2. The quantitative estimate of drug-likeness (QED) is 0.513. The van der Waals surface area contributed by atoms with E-state index in [1.807, 2.05) is 12.1 Å². The molecule has 1 aromatic heterocycles. The molecule has 0 saturated heterocycles. The van der Waals surface area contributed by atoms with Gasteiger partial charge in [0.25, 0.3) is 0 Å². The molecule has 0 radical (unpaired) electrons. The fourth-order valence-electron chi connectivity index (χ4n) is 3.21. The Kier molecular flexibility index (Phi) is 6.15. The number of anilines is 1. The lowest BCUT2D eigenvalue weighted by Gasteiger charge is -2.27. The molecule has 4 rings (SSSR count). The van der Waals surface area contributed by atoms with E-state index in [9.17, 15) is 13.2 Å². The molecule has 1 aliphatic heterocycles. The largest absolute Gasteiger partial charge is 0.492 e. The molecule has 0 bridgehead atoms. The molecule has 0 fully saturated rings. The fraction of sp³-hybridized carbons (Fsp3) is 0.200. The number of hydrogen-bond donors (Lipinski definition) is 3. The molecule has 11 heteroatoms. The number of rotatable bonds is 5. The lowest BCUT2D eigenvalue weighted by atomic mass is 10.0. The summed E-state index contributed by atoms with van der Waals surface area (Å²) >= 11 is 7.52. The summed E-state index contributed by atoms with van der Waals surface area (Å²) in [5, 5.41) is 8.57. The third kappa shape index (κ3) is 4.67. The number of ether oxygens (including phenoxy) is 1. The number of hydrogen-bond acceptors (Lipinski definition) is 6. The van der Waals surface area contributed by atoms with E-state index >= 15 is 0 Å². The molecule has 162 valence electrons. The summed E-state index contributed by atoms with van der Waals surface area (Å²) in [6.45, 7) is 0.460. The molecule has 1 aliphatic rings. The number of benzene rings is 2. The number of urea groups is 1. The van der Waals surface area contributed by atoms with Gasteiger partial charge in [-0.15, -0.1) is 11.3 Å². The van der Waals surface area contributed by atoms with Gasteiger partial charge in [0, 0.05) is 22.9 Å². The molecule has 0 aliphatic carbocycles. The number of sulfonamides is 1. The molecule has 0 unspecified atom stereocenters. The molecule has 0 spiro atoms. The van der Waals surface area contributed by atoms with Gasteiger partial charge in [0.05, 0.1) is 22.6 Å². The van der Waals surface area contributed by atoms with Crippen LogP contribution < -0.4 is 20.1 Å². The second-order valence-corrected chi connectivity index (χ2v) is 9.87. The number of para-hydroxylation sites is 1. The van der Waals surface area contributed by atoms with E-state index in [0.29, 0.717) is 34.6 Å². The minimum Gasteiger partial charge on any atom is -0.492 e. The van der Waals surface area contributed by atoms with E-state index in [2.05, 4.69) is 20.3 Å². The normalized spacial score (nSPS) is 15.6. The minimum atomic E-state index is -3.50. The van der Waals surface area contributed by atoms with Crippen LogP contribution in [0.3, 0.4) is 0 Å². The number of carbonyl (C=O) groups is 1. The monoisotopic (exact) mass is 478 g/mol. The number of amides is 2. The van der Waals surface area contributed by atoms with Crippen molar-refractivity contribution in [2.75, 3.05) is 19.0 Å². The van der Waals surface area contributed by atoms with Crippen LogP contribution >= 0.6 is 22.9 Å². The van der Waals surface area contributed by atoms with Crippen molar-refractivity contribution < 1.29 is 17.9 Å². The molecule has 2 amide bonds. The smallest absolute Gasteiger partial charge is 0.320 e. The summed E-state index contributed by atoms with van der Waals surface area (Å²) in [5.41, 5.74) is 1.59. The maximum absolute atomic E-state index is 12.5. The van der Waals surface area contributed by atoms with Crippen molar-refractivity contribution in [1.82, 2.24) is 15.0 Å². The lowest BCUT2D eigenvalue weighted by Crippen LogP contribution is -2.35. The van der Waals surface area contributed by atoms with Crippen molar-refractivity contribution in [3.8, 4) is 16.3 Å². The van der Waals surface area contributed by atoms with Gasteiger partial charge in [-0.2, -0.15) is 0 Å². The number of aromatic nitrogens is 1. The van der Waals surface area contributed by atoms with Gasteiger partial charge in [-0.25, -0.2) is 22.9 Å². The van der Waals surface area contributed by atoms with Gasteiger partial charge in [0.1, 0.15) is 16.6 Å². The van der Waals surface area contributed by atoms with Gasteiger partial charge in [-0.3, -0.25) is 5.32 Å². The molecule has 2 heterocycles. The zero-order valence-electron chi connectivity index (χ0n) is 16.4. The predicted molar refractivity (Wildman–Crippen MR) is 120 cm³/mol. The first kappa shape index (κ1) is 21.6. The van der Waals surface area contributed by atoms with Crippen LogP contribution in [0, 0.1) is 0 Å². The number of nitrogens with zero attached hydrogens (tertiary/aromatic N) is 1. The van der Waals surface area contributed by atoms with Crippen LogP contribution in [0.2, 0.25) is 5.02 Å².